The molecule has 7 nitrogen and oxygen atoms in total. The van der Waals surface area contributed by atoms with Gasteiger partial charge in [-0.1, -0.05) is 18.9 Å². The number of rotatable bonds is 6. The molecule has 1 saturated heterocycles. The van der Waals surface area contributed by atoms with Crippen LogP contribution in [0.1, 0.15) is 61.3 Å². The summed E-state index contributed by atoms with van der Waals surface area (Å²) >= 11 is 1.58. The number of amides is 3. The molecule has 4 rings (SSSR count). The van der Waals surface area contributed by atoms with Gasteiger partial charge in [0, 0.05) is 46.1 Å². The lowest BCUT2D eigenvalue weighted by Gasteiger charge is -2.28. The van der Waals surface area contributed by atoms with Crippen molar-refractivity contribution in [1.82, 2.24) is 5.32 Å². The number of thiophene rings is 1. The average molecular weight is 456 g/mol. The number of nitrogens with zero attached hydrogens (tertiary/aromatic N) is 1. The number of carbonyl (C=O) groups excluding carboxylic acids is 3. The maximum atomic E-state index is 12.6. The molecule has 1 aromatic heterocycles. The first kappa shape index (κ1) is 22.5. The van der Waals surface area contributed by atoms with Gasteiger partial charge in [-0.25, -0.2) is 0 Å². The zero-order chi connectivity index (χ0) is 22.7. The monoisotopic (exact) mass is 455 g/mol. The second-order valence-electron chi connectivity index (χ2n) is 8.70. The number of aliphatic hydroxyl groups is 1. The summed E-state index contributed by atoms with van der Waals surface area (Å²) in [7, 11) is 0. The molecule has 32 heavy (non-hydrogen) atoms. The highest BCUT2D eigenvalue weighted by molar-refractivity contribution is 7.12. The first-order valence-corrected chi connectivity index (χ1v) is 12.0. The highest BCUT2D eigenvalue weighted by atomic mass is 32.1. The molecule has 1 aliphatic carbocycles. The van der Waals surface area contributed by atoms with Crippen LogP contribution in [0.3, 0.4) is 0 Å². The zero-order valence-corrected chi connectivity index (χ0v) is 19.0. The topological polar surface area (TPSA) is 98.7 Å². The number of nitrogens with one attached hydrogen (secondary N) is 2. The standard InChI is InChI=1S/C24H29N3O4S/c1-16(28)19-9-10-20(32-19)24(11-2-3-12-24)15-25-22(30)23(31)26-17-6-4-7-18(14-17)27-13-5-8-21(27)29/h4,6-7,9-10,14,16,28H,2-3,5,8,11-13,15H2,1H3,(H,25,30)(H,26,31). The van der Waals surface area contributed by atoms with Gasteiger partial charge in [-0.05, 0) is 56.5 Å². The Hall–Kier alpha value is -2.71. The van der Waals surface area contributed by atoms with Crippen LogP contribution in [0.25, 0.3) is 0 Å². The Labute approximate surface area is 191 Å². The van der Waals surface area contributed by atoms with Crippen LogP contribution in [0.15, 0.2) is 36.4 Å². The number of carbonyl (C=O) groups is 3. The Morgan fingerprint density at radius 1 is 1.16 bits per heavy atom. The molecule has 1 unspecified atom stereocenters. The van der Waals surface area contributed by atoms with Gasteiger partial charge in [-0.15, -0.1) is 11.3 Å². The van der Waals surface area contributed by atoms with Crippen molar-refractivity contribution in [3.63, 3.8) is 0 Å². The number of hydrogen-bond acceptors (Lipinski definition) is 5. The van der Waals surface area contributed by atoms with Gasteiger partial charge < -0.3 is 20.6 Å². The Kier molecular flexibility index (Phi) is 6.62. The molecule has 170 valence electrons. The quantitative estimate of drug-likeness (QED) is 0.581. The lowest BCUT2D eigenvalue weighted by atomic mass is 9.84. The van der Waals surface area contributed by atoms with Gasteiger partial charge in [0.15, 0.2) is 0 Å². The number of benzene rings is 1. The number of anilines is 2. The highest BCUT2D eigenvalue weighted by Gasteiger charge is 2.38. The van der Waals surface area contributed by atoms with E-state index in [4.69, 9.17) is 0 Å². The van der Waals surface area contributed by atoms with Gasteiger partial charge in [0.25, 0.3) is 0 Å². The summed E-state index contributed by atoms with van der Waals surface area (Å²) in [4.78, 5) is 40.8. The number of hydrogen-bond donors (Lipinski definition) is 3. The van der Waals surface area contributed by atoms with E-state index in [2.05, 4.69) is 10.6 Å². The summed E-state index contributed by atoms with van der Waals surface area (Å²) in [5.74, 6) is -1.33. The second-order valence-corrected chi connectivity index (χ2v) is 9.82. The van der Waals surface area contributed by atoms with E-state index in [0.717, 1.165) is 47.5 Å². The molecule has 8 heteroatoms. The maximum Gasteiger partial charge on any atom is 0.313 e. The van der Waals surface area contributed by atoms with Crippen molar-refractivity contribution in [2.75, 3.05) is 23.3 Å². The van der Waals surface area contributed by atoms with E-state index in [-0.39, 0.29) is 11.3 Å². The molecule has 2 aromatic rings. The minimum Gasteiger partial charge on any atom is -0.388 e. The molecule has 3 amide bonds. The molecule has 1 saturated carbocycles. The van der Waals surface area contributed by atoms with Crippen LogP contribution in [-0.4, -0.2) is 35.9 Å². The molecule has 1 aromatic carbocycles. The van der Waals surface area contributed by atoms with E-state index in [1.54, 1.807) is 41.4 Å². The minimum atomic E-state index is -0.723. The molecule has 2 fully saturated rings. The normalized spacial score (nSPS) is 18.6. The molecule has 2 aliphatic rings. The third kappa shape index (κ3) is 4.71. The van der Waals surface area contributed by atoms with Crippen LogP contribution >= 0.6 is 11.3 Å². The molecular formula is C24H29N3O4S. The van der Waals surface area contributed by atoms with Gasteiger partial charge in [0.05, 0.1) is 6.10 Å². The molecule has 1 atom stereocenters. The second kappa shape index (κ2) is 9.42. The van der Waals surface area contributed by atoms with Gasteiger partial charge in [0.2, 0.25) is 5.91 Å². The fourth-order valence-corrected chi connectivity index (χ4v) is 5.80. The largest absolute Gasteiger partial charge is 0.388 e. The summed E-state index contributed by atoms with van der Waals surface area (Å²) in [5, 5.41) is 15.3. The van der Waals surface area contributed by atoms with Crippen molar-refractivity contribution < 1.29 is 19.5 Å². The Morgan fingerprint density at radius 3 is 2.59 bits per heavy atom. The summed E-state index contributed by atoms with van der Waals surface area (Å²) in [5.41, 5.74) is 1.02. The predicted octanol–water partition coefficient (Wildman–Crippen LogP) is 3.49. The van der Waals surface area contributed by atoms with Crippen molar-refractivity contribution in [2.45, 2.75) is 57.0 Å². The molecular weight excluding hydrogens is 426 g/mol. The smallest absolute Gasteiger partial charge is 0.313 e. The first-order valence-electron chi connectivity index (χ1n) is 11.2. The number of aliphatic hydroxyl groups excluding tert-OH is 1. The Balaban J connectivity index is 1.39. The van der Waals surface area contributed by atoms with Crippen LogP contribution in [0.5, 0.6) is 0 Å². The first-order chi connectivity index (χ1) is 15.4. The molecule has 0 spiro atoms. The van der Waals surface area contributed by atoms with E-state index >= 15 is 0 Å². The zero-order valence-electron chi connectivity index (χ0n) is 18.2. The summed E-state index contributed by atoms with van der Waals surface area (Å²) < 4.78 is 0. The Morgan fingerprint density at radius 2 is 1.94 bits per heavy atom. The molecule has 1 aliphatic heterocycles. The van der Waals surface area contributed by atoms with Crippen molar-refractivity contribution in [3.8, 4) is 0 Å². The lowest BCUT2D eigenvalue weighted by molar-refractivity contribution is -0.136. The van der Waals surface area contributed by atoms with Crippen molar-refractivity contribution in [3.05, 3.63) is 46.2 Å². The van der Waals surface area contributed by atoms with E-state index in [0.29, 0.717) is 25.2 Å². The summed E-state index contributed by atoms with van der Waals surface area (Å²) in [6, 6.07) is 11.0. The average Bonchev–Trinajstić information content (AvgIpc) is 3.53. The van der Waals surface area contributed by atoms with Crippen LogP contribution in [0.2, 0.25) is 0 Å². The van der Waals surface area contributed by atoms with E-state index in [1.807, 2.05) is 18.2 Å². The fourth-order valence-electron chi connectivity index (χ4n) is 4.61. The minimum absolute atomic E-state index is 0.0698. The maximum absolute atomic E-state index is 12.6. The molecule has 0 radical (unpaired) electrons. The van der Waals surface area contributed by atoms with E-state index < -0.39 is 17.9 Å². The van der Waals surface area contributed by atoms with Crippen molar-refractivity contribution >= 4 is 40.4 Å². The molecule has 2 heterocycles. The summed E-state index contributed by atoms with van der Waals surface area (Å²) in [6.45, 7) is 2.80. The van der Waals surface area contributed by atoms with Crippen molar-refractivity contribution in [1.29, 1.82) is 0 Å². The summed E-state index contributed by atoms with van der Waals surface area (Å²) in [6.07, 6.45) is 4.88. The third-order valence-corrected chi connectivity index (χ3v) is 7.91. The van der Waals surface area contributed by atoms with Gasteiger partial charge >= 0.3 is 11.8 Å². The van der Waals surface area contributed by atoms with E-state index in [9.17, 15) is 19.5 Å². The third-order valence-electron chi connectivity index (χ3n) is 6.40. The highest BCUT2D eigenvalue weighted by Crippen LogP contribution is 2.44. The predicted molar refractivity (Wildman–Crippen MR) is 125 cm³/mol. The van der Waals surface area contributed by atoms with Gasteiger partial charge in [0.1, 0.15) is 0 Å². The molecule has 3 N–H and O–H groups in total. The van der Waals surface area contributed by atoms with Crippen LogP contribution in [-0.2, 0) is 19.8 Å². The fraction of sp³-hybridized carbons (Fsp3) is 0.458. The van der Waals surface area contributed by atoms with Gasteiger partial charge in [-0.3, -0.25) is 14.4 Å². The van der Waals surface area contributed by atoms with Gasteiger partial charge in [-0.2, -0.15) is 0 Å². The van der Waals surface area contributed by atoms with Crippen molar-refractivity contribution in [2.24, 2.45) is 0 Å². The van der Waals surface area contributed by atoms with Crippen LogP contribution < -0.4 is 15.5 Å². The SMILES string of the molecule is CC(O)c1ccc(C2(CNC(=O)C(=O)Nc3cccc(N4CCCC4=O)c3)CCCC2)s1. The van der Waals surface area contributed by atoms with E-state index in [1.165, 1.54) is 0 Å². The van der Waals surface area contributed by atoms with Crippen LogP contribution in [0, 0.1) is 0 Å². The van der Waals surface area contributed by atoms with Crippen LogP contribution in [0.4, 0.5) is 11.4 Å². The Bertz CT molecular complexity index is 1010. The lowest BCUT2D eigenvalue weighted by Crippen LogP contribution is -2.43. The molecule has 0 bridgehead atoms.